The molecular weight excluding hydrogens is 1050 g/mol. The van der Waals surface area contributed by atoms with Crippen LogP contribution in [0.25, 0.3) is 0 Å². The van der Waals surface area contributed by atoms with Crippen molar-refractivity contribution in [2.45, 2.75) is 222 Å². The lowest BCUT2D eigenvalue weighted by atomic mass is 9.33. The third-order valence-electron chi connectivity index (χ3n) is 21.6. The lowest BCUT2D eigenvalue weighted by Crippen LogP contribution is -2.68. The SMILES string of the molecule is COC(=O)C1(C)CCC2(C(=O)OC3OC(CO)C(O)C(O)C3O)CCC3(C)C(=CCC4C5(C)CCC(OC6OC(CO)C(O)C(O)C6OC6OCC(O)C(OC7OC(CO)C(O)C(O)C7O)C6O)C(C)(CO)C5CCC43C)C2C1. The number of aliphatic hydroxyl groups excluding tert-OH is 14. The van der Waals surface area contributed by atoms with Gasteiger partial charge in [0.25, 0.3) is 0 Å². The molecule has 0 spiro atoms. The minimum atomic E-state index is -1.90. The third kappa shape index (κ3) is 9.85. The van der Waals surface area contributed by atoms with Gasteiger partial charge in [0.15, 0.2) is 18.9 Å². The van der Waals surface area contributed by atoms with E-state index in [4.69, 9.17) is 42.6 Å². The highest BCUT2D eigenvalue weighted by atomic mass is 16.8. The zero-order chi connectivity index (χ0) is 57.7. The van der Waals surface area contributed by atoms with Crippen LogP contribution in [0.1, 0.15) is 98.8 Å². The van der Waals surface area contributed by atoms with E-state index in [9.17, 15) is 81.1 Å². The molecule has 0 radical (unpaired) electrons. The van der Waals surface area contributed by atoms with E-state index in [0.29, 0.717) is 51.4 Å². The van der Waals surface area contributed by atoms with Crippen LogP contribution in [-0.2, 0) is 52.2 Å². The Morgan fingerprint density at radius 1 is 0.582 bits per heavy atom. The zero-order valence-corrected chi connectivity index (χ0v) is 45.7. The van der Waals surface area contributed by atoms with Crippen LogP contribution in [0, 0.1) is 50.2 Å². The molecule has 4 saturated heterocycles. The molecule has 0 aromatic heterocycles. The number of fused-ring (bicyclic) bond motifs is 7. The molecule has 0 aromatic carbocycles. The number of hydrogen-bond acceptors (Lipinski definition) is 25. The molecule has 4 aliphatic heterocycles. The number of rotatable bonds is 13. The van der Waals surface area contributed by atoms with Gasteiger partial charge < -0.3 is 114 Å². The van der Waals surface area contributed by atoms with Gasteiger partial charge in [0, 0.05) is 5.41 Å². The summed E-state index contributed by atoms with van der Waals surface area (Å²) in [6, 6.07) is 0. The Morgan fingerprint density at radius 2 is 1.15 bits per heavy atom. The maximum Gasteiger partial charge on any atom is 0.315 e. The highest BCUT2D eigenvalue weighted by Gasteiger charge is 2.71. The molecule has 8 fully saturated rings. The number of aliphatic hydroxyl groups is 14. The fraction of sp³-hybridized carbons (Fsp3) is 0.926. The van der Waals surface area contributed by atoms with Crippen LogP contribution in [0.15, 0.2) is 11.6 Å². The molecule has 79 heavy (non-hydrogen) atoms. The fourth-order valence-electron chi connectivity index (χ4n) is 16.5. The summed E-state index contributed by atoms with van der Waals surface area (Å²) < 4.78 is 52.9. The van der Waals surface area contributed by atoms with Gasteiger partial charge in [0.1, 0.15) is 91.6 Å². The standard InChI is InChI=1S/C54H86O25/c1-49(47(69)71-6)13-15-54(48(70)79-45-39(67)36(64)33(61)27(19-56)74-45)16-14-52(4)23(24(54)17-49)7-8-30-50(2)11-10-31(51(3,22-58)29(50)9-12-53(30,52)5)76-46-42(37(65)34(62)28(20-57)75-46)78-43-40(68)41(25(59)21-72-43)77-44-38(66)35(63)32(60)26(18-55)73-44/h7,24-46,55-68H,8-22H2,1-6H3. The van der Waals surface area contributed by atoms with Crippen LogP contribution in [0.5, 0.6) is 0 Å². The first-order chi connectivity index (χ1) is 37.2. The maximum absolute atomic E-state index is 14.9. The second-order valence-corrected chi connectivity index (χ2v) is 25.6. The number of esters is 2. The van der Waals surface area contributed by atoms with Crippen molar-refractivity contribution in [3.05, 3.63) is 11.6 Å². The molecule has 25 nitrogen and oxygen atoms in total. The van der Waals surface area contributed by atoms with Gasteiger partial charge in [-0.1, -0.05) is 39.3 Å². The van der Waals surface area contributed by atoms with E-state index in [1.54, 1.807) is 0 Å². The van der Waals surface area contributed by atoms with E-state index >= 15 is 0 Å². The Labute approximate surface area is 458 Å². The van der Waals surface area contributed by atoms with Crippen molar-refractivity contribution in [3.8, 4) is 0 Å². The van der Waals surface area contributed by atoms with Crippen molar-refractivity contribution in [2.75, 3.05) is 40.1 Å². The second kappa shape index (κ2) is 22.7. The van der Waals surface area contributed by atoms with Crippen LogP contribution < -0.4 is 0 Å². The predicted octanol–water partition coefficient (Wildman–Crippen LogP) is -3.27. The Balaban J connectivity index is 0.965. The molecule has 5 aliphatic carbocycles. The molecule has 4 heterocycles. The summed E-state index contributed by atoms with van der Waals surface area (Å²) in [5, 5.41) is 150. The van der Waals surface area contributed by atoms with E-state index in [-0.39, 0.29) is 31.3 Å². The molecule has 0 bridgehead atoms. The van der Waals surface area contributed by atoms with Crippen molar-refractivity contribution in [1.82, 2.24) is 0 Å². The first-order valence-electron chi connectivity index (χ1n) is 28.0. The predicted molar refractivity (Wildman–Crippen MR) is 265 cm³/mol. The van der Waals surface area contributed by atoms with Crippen molar-refractivity contribution in [1.29, 1.82) is 0 Å². The average molecular weight is 1140 g/mol. The monoisotopic (exact) mass is 1130 g/mol. The van der Waals surface area contributed by atoms with E-state index in [2.05, 4.69) is 26.8 Å². The van der Waals surface area contributed by atoms with Gasteiger partial charge in [0.2, 0.25) is 6.29 Å². The summed E-state index contributed by atoms with van der Waals surface area (Å²) in [5.74, 6) is -1.78. The van der Waals surface area contributed by atoms with Gasteiger partial charge in [-0.3, -0.25) is 9.59 Å². The van der Waals surface area contributed by atoms with Crippen molar-refractivity contribution in [3.63, 3.8) is 0 Å². The number of allylic oxidation sites excluding steroid dienone is 2. The van der Waals surface area contributed by atoms with Gasteiger partial charge >= 0.3 is 11.9 Å². The van der Waals surface area contributed by atoms with Crippen LogP contribution in [0.3, 0.4) is 0 Å². The van der Waals surface area contributed by atoms with Crippen LogP contribution in [0.4, 0.5) is 0 Å². The topological polar surface area (TPSA) is 400 Å². The summed E-state index contributed by atoms with van der Waals surface area (Å²) in [5.41, 5.74) is -3.49. The molecule has 0 amide bonds. The molecule has 0 aromatic rings. The Hall–Kier alpha value is -2.16. The molecule has 29 unspecified atom stereocenters. The van der Waals surface area contributed by atoms with Gasteiger partial charge in [-0.25, -0.2) is 0 Å². The molecular formula is C54H86O25. The van der Waals surface area contributed by atoms with Crippen molar-refractivity contribution in [2.24, 2.45) is 50.2 Å². The van der Waals surface area contributed by atoms with Gasteiger partial charge in [-0.05, 0) is 105 Å². The van der Waals surface area contributed by atoms with Gasteiger partial charge in [-0.2, -0.15) is 0 Å². The average Bonchev–Trinajstić information content (AvgIpc) is 3.57. The summed E-state index contributed by atoms with van der Waals surface area (Å²) in [4.78, 5) is 28.5. The lowest BCUT2D eigenvalue weighted by molar-refractivity contribution is -0.383. The molecule has 9 rings (SSSR count). The summed E-state index contributed by atoms with van der Waals surface area (Å²) >= 11 is 0. The van der Waals surface area contributed by atoms with Crippen LogP contribution in [-0.4, -0.2) is 246 Å². The minimum absolute atomic E-state index is 0.0136. The number of hydrogen-bond donors (Lipinski definition) is 14. The van der Waals surface area contributed by atoms with Gasteiger partial charge in [0.05, 0.1) is 57.1 Å². The number of carbonyl (C=O) groups excluding carboxylic acids is 2. The quantitative estimate of drug-likeness (QED) is 0.0489. The Kier molecular flexibility index (Phi) is 17.6. The van der Waals surface area contributed by atoms with Crippen molar-refractivity contribution >= 4 is 11.9 Å². The first kappa shape index (κ1) is 61.4. The summed E-state index contributed by atoms with van der Waals surface area (Å²) in [7, 11) is 1.34. The molecule has 29 atom stereocenters. The second-order valence-electron chi connectivity index (χ2n) is 25.6. The number of carbonyl (C=O) groups is 2. The van der Waals surface area contributed by atoms with E-state index in [1.807, 2.05) is 13.8 Å². The highest BCUT2D eigenvalue weighted by molar-refractivity contribution is 5.81. The van der Waals surface area contributed by atoms with Gasteiger partial charge in [-0.15, -0.1) is 0 Å². The largest absolute Gasteiger partial charge is 0.469 e. The highest BCUT2D eigenvalue weighted by Crippen LogP contribution is 2.76. The molecule has 14 N–H and O–H groups in total. The smallest absolute Gasteiger partial charge is 0.315 e. The minimum Gasteiger partial charge on any atom is -0.469 e. The van der Waals surface area contributed by atoms with Crippen molar-refractivity contribution < 1.29 is 124 Å². The molecule has 25 heteroatoms. The van der Waals surface area contributed by atoms with E-state index in [0.717, 1.165) is 5.57 Å². The maximum atomic E-state index is 14.9. The summed E-state index contributed by atoms with van der Waals surface area (Å²) in [6.07, 6.45) is -25.8. The first-order valence-corrected chi connectivity index (χ1v) is 28.0. The lowest BCUT2D eigenvalue weighted by Gasteiger charge is -2.71. The fourth-order valence-corrected chi connectivity index (χ4v) is 16.5. The Bertz CT molecular complexity index is 2200. The molecule has 452 valence electrons. The summed E-state index contributed by atoms with van der Waals surface area (Å²) in [6.45, 7) is 7.45. The van der Waals surface area contributed by atoms with E-state index < -0.39 is 200 Å². The molecule has 4 saturated carbocycles. The number of methoxy groups -OCH3 is 1. The van der Waals surface area contributed by atoms with E-state index in [1.165, 1.54) is 7.11 Å². The zero-order valence-electron chi connectivity index (χ0n) is 45.7. The van der Waals surface area contributed by atoms with Crippen LogP contribution in [0.2, 0.25) is 0 Å². The van der Waals surface area contributed by atoms with Crippen LogP contribution >= 0.6 is 0 Å². The third-order valence-corrected chi connectivity index (χ3v) is 21.6. The molecule has 9 aliphatic rings. The number of ether oxygens (including phenoxy) is 9. The normalized spacial score (nSPS) is 53.8. The Morgan fingerprint density at radius 3 is 1.76 bits per heavy atom.